The minimum atomic E-state index is -1.34. The Morgan fingerprint density at radius 2 is 1.67 bits per heavy atom. The lowest BCUT2D eigenvalue weighted by Gasteiger charge is -2.31. The Morgan fingerprint density at radius 1 is 1.00 bits per heavy atom. The van der Waals surface area contributed by atoms with Gasteiger partial charge in [0.15, 0.2) is 5.60 Å². The minimum Gasteiger partial charge on any atom is -0.476 e. The lowest BCUT2D eigenvalue weighted by atomic mass is 9.93. The molecule has 1 amide bonds. The van der Waals surface area contributed by atoms with Crippen molar-refractivity contribution in [1.82, 2.24) is 10.6 Å². The molecule has 2 N–H and O–H groups in total. The Bertz CT molecular complexity index is 1110. The maximum absolute atomic E-state index is 12.7. The predicted molar refractivity (Wildman–Crippen MR) is 147 cm³/mol. The summed E-state index contributed by atoms with van der Waals surface area (Å²) in [6, 6.07) is 14.0. The van der Waals surface area contributed by atoms with Crippen LogP contribution < -0.4 is 15.4 Å². The van der Waals surface area contributed by atoms with Gasteiger partial charge in [-0.05, 0) is 88.5 Å². The zero-order chi connectivity index (χ0) is 28.4. The Balaban J connectivity index is 1.42. The van der Waals surface area contributed by atoms with Crippen molar-refractivity contribution in [3.8, 4) is 5.75 Å². The number of carbonyl (C=O) groups excluding carboxylic acids is 3. The van der Waals surface area contributed by atoms with Crippen LogP contribution in [-0.2, 0) is 25.4 Å². The van der Waals surface area contributed by atoms with Crippen LogP contribution in [0.5, 0.6) is 5.75 Å². The highest BCUT2D eigenvalue weighted by Gasteiger charge is 2.34. The molecule has 212 valence electrons. The first-order chi connectivity index (χ1) is 18.6. The maximum Gasteiger partial charge on any atom is 0.511 e. The molecule has 0 radical (unpaired) electrons. The topological polar surface area (TPSA) is 112 Å². The Kier molecular flexibility index (Phi) is 11.0. The van der Waals surface area contributed by atoms with Crippen molar-refractivity contribution >= 4 is 29.6 Å². The molecular weight excluding hydrogens is 524 g/mol. The maximum atomic E-state index is 12.7. The Hall–Kier alpha value is -3.30. The van der Waals surface area contributed by atoms with Gasteiger partial charge in [-0.25, -0.2) is 9.59 Å². The highest BCUT2D eigenvalue weighted by atomic mass is 35.5. The van der Waals surface area contributed by atoms with Gasteiger partial charge in [0, 0.05) is 30.1 Å². The first kappa shape index (κ1) is 30.2. The molecule has 39 heavy (non-hydrogen) atoms. The van der Waals surface area contributed by atoms with Gasteiger partial charge in [0.1, 0.15) is 11.9 Å². The highest BCUT2D eigenvalue weighted by Crippen LogP contribution is 2.23. The van der Waals surface area contributed by atoms with Crippen LogP contribution in [0.25, 0.3) is 0 Å². The zero-order valence-corrected chi connectivity index (χ0v) is 23.6. The first-order valence-electron chi connectivity index (χ1n) is 13.1. The van der Waals surface area contributed by atoms with Gasteiger partial charge in [-0.3, -0.25) is 4.79 Å². The molecule has 9 nitrogen and oxygen atoms in total. The van der Waals surface area contributed by atoms with Gasteiger partial charge in [-0.1, -0.05) is 30.2 Å². The van der Waals surface area contributed by atoms with Crippen molar-refractivity contribution in [1.29, 1.82) is 0 Å². The second-order valence-electron chi connectivity index (χ2n) is 9.95. The number of esters is 1. The van der Waals surface area contributed by atoms with Gasteiger partial charge in [-0.15, -0.1) is 0 Å². The molecule has 2 aromatic rings. The van der Waals surface area contributed by atoms with Gasteiger partial charge in [0.05, 0.1) is 0 Å². The molecule has 0 saturated heterocycles. The van der Waals surface area contributed by atoms with Gasteiger partial charge in [0.25, 0.3) is 5.91 Å². The molecule has 0 bridgehead atoms. The summed E-state index contributed by atoms with van der Waals surface area (Å²) in [6.07, 6.45) is 2.06. The number of amides is 1. The largest absolute Gasteiger partial charge is 0.511 e. The molecule has 2 unspecified atom stereocenters. The van der Waals surface area contributed by atoms with Crippen LogP contribution in [0.4, 0.5) is 4.79 Å². The van der Waals surface area contributed by atoms with E-state index < -0.39 is 24.0 Å². The van der Waals surface area contributed by atoms with E-state index in [1.54, 1.807) is 50.2 Å². The number of benzene rings is 2. The fourth-order valence-corrected chi connectivity index (χ4v) is 4.38. The molecule has 0 aromatic heterocycles. The molecule has 1 aliphatic rings. The molecule has 3 atom stereocenters. The molecular formula is C29H37ClN2O7. The van der Waals surface area contributed by atoms with Crippen LogP contribution in [0, 0.1) is 0 Å². The van der Waals surface area contributed by atoms with Crippen LogP contribution in [0.3, 0.4) is 0 Å². The molecule has 1 fully saturated rings. The fourth-order valence-electron chi connectivity index (χ4n) is 4.26. The average Bonchev–Trinajstić information content (AvgIpc) is 2.90. The molecule has 1 saturated carbocycles. The van der Waals surface area contributed by atoms with Crippen molar-refractivity contribution in [2.75, 3.05) is 13.6 Å². The average molecular weight is 561 g/mol. The van der Waals surface area contributed by atoms with Gasteiger partial charge in [-0.2, -0.15) is 0 Å². The minimum absolute atomic E-state index is 0.0796. The fraction of sp³-hybridized carbons (Fsp3) is 0.483. The number of nitrogens with one attached hydrogen (secondary N) is 2. The predicted octanol–water partition coefficient (Wildman–Crippen LogP) is 5.04. The second kappa shape index (κ2) is 14.2. The zero-order valence-electron chi connectivity index (χ0n) is 22.8. The molecule has 1 aliphatic carbocycles. The summed E-state index contributed by atoms with van der Waals surface area (Å²) < 4.78 is 21.7. The van der Waals surface area contributed by atoms with Crippen LogP contribution in [-0.4, -0.2) is 55.7 Å². The number of rotatable bonds is 11. The second-order valence-corrected chi connectivity index (χ2v) is 10.4. The lowest BCUT2D eigenvalue weighted by Crippen LogP contribution is -2.44. The standard InChI is InChI=1S/C29H37ClN2O7/c1-19(37-28(35)38-25-8-6-5-7-24(25)31-4)36-27(34)29(2,3)39-23-15-9-20(10-16-23)17-18-32-26(33)21-11-13-22(30)14-12-21/h9-16,19,24-25,31H,5-8,17-18H2,1-4H3,(H,32,33)/t19?,24-,25?/m1/s1. The van der Waals surface area contributed by atoms with E-state index in [1.165, 1.54) is 6.92 Å². The number of likely N-dealkylation sites (N-methyl/N-ethyl adjacent to an activating group) is 1. The molecule has 10 heteroatoms. The van der Waals surface area contributed by atoms with Crippen molar-refractivity contribution in [2.24, 2.45) is 0 Å². The summed E-state index contributed by atoms with van der Waals surface area (Å²) in [4.78, 5) is 37.1. The molecule has 0 aliphatic heterocycles. The molecule has 0 spiro atoms. The smallest absolute Gasteiger partial charge is 0.476 e. The SMILES string of the molecule is CN[C@@H]1CCCCC1OC(=O)OC(C)OC(=O)C(C)(C)Oc1ccc(CCNC(=O)c2ccc(Cl)cc2)cc1. The van der Waals surface area contributed by atoms with Crippen molar-refractivity contribution in [3.05, 3.63) is 64.7 Å². The molecule has 3 rings (SSSR count). The summed E-state index contributed by atoms with van der Waals surface area (Å²) >= 11 is 5.86. The van der Waals surface area contributed by atoms with E-state index >= 15 is 0 Å². The summed E-state index contributed by atoms with van der Waals surface area (Å²) in [7, 11) is 1.83. The monoisotopic (exact) mass is 560 g/mol. The number of halogens is 1. The van der Waals surface area contributed by atoms with E-state index in [1.807, 2.05) is 19.2 Å². The van der Waals surface area contributed by atoms with Gasteiger partial charge in [0.2, 0.25) is 6.29 Å². The lowest BCUT2D eigenvalue weighted by molar-refractivity contribution is -0.184. The number of carbonyl (C=O) groups is 3. The van der Waals surface area contributed by atoms with Crippen LogP contribution >= 0.6 is 11.6 Å². The number of hydrogen-bond acceptors (Lipinski definition) is 8. The van der Waals surface area contributed by atoms with E-state index in [4.69, 9.17) is 30.5 Å². The van der Waals surface area contributed by atoms with Crippen LogP contribution in [0.1, 0.15) is 62.4 Å². The van der Waals surface area contributed by atoms with E-state index in [2.05, 4.69) is 10.6 Å². The first-order valence-corrected chi connectivity index (χ1v) is 13.5. The highest BCUT2D eigenvalue weighted by molar-refractivity contribution is 6.30. The number of ether oxygens (including phenoxy) is 4. The third kappa shape index (κ3) is 9.44. The van der Waals surface area contributed by atoms with E-state index in [-0.39, 0.29) is 18.1 Å². The third-order valence-electron chi connectivity index (χ3n) is 6.45. The van der Waals surface area contributed by atoms with Crippen molar-refractivity contribution in [2.45, 2.75) is 76.9 Å². The van der Waals surface area contributed by atoms with Crippen molar-refractivity contribution < 1.29 is 33.3 Å². The van der Waals surface area contributed by atoms with Gasteiger partial charge >= 0.3 is 12.1 Å². The quantitative estimate of drug-likeness (QED) is 0.290. The van der Waals surface area contributed by atoms with Gasteiger partial charge < -0.3 is 29.6 Å². The summed E-state index contributed by atoms with van der Waals surface area (Å²) in [6.45, 7) is 5.04. The molecule has 0 heterocycles. The Labute approximate surface area is 234 Å². The number of hydrogen-bond donors (Lipinski definition) is 2. The third-order valence-corrected chi connectivity index (χ3v) is 6.70. The molecule has 2 aromatic carbocycles. The van der Waals surface area contributed by atoms with Crippen LogP contribution in [0.15, 0.2) is 48.5 Å². The summed E-state index contributed by atoms with van der Waals surface area (Å²) in [5.41, 5.74) is 0.189. The van der Waals surface area contributed by atoms with E-state index in [9.17, 15) is 14.4 Å². The normalized spacial score (nSPS) is 18.0. The van der Waals surface area contributed by atoms with E-state index in [0.717, 1.165) is 31.2 Å². The summed E-state index contributed by atoms with van der Waals surface area (Å²) in [5, 5.41) is 6.60. The summed E-state index contributed by atoms with van der Waals surface area (Å²) in [5.74, 6) is -0.397. The van der Waals surface area contributed by atoms with E-state index in [0.29, 0.717) is 29.3 Å². The van der Waals surface area contributed by atoms with Crippen molar-refractivity contribution in [3.63, 3.8) is 0 Å². The van der Waals surface area contributed by atoms with Crippen LogP contribution in [0.2, 0.25) is 5.02 Å². The Morgan fingerprint density at radius 3 is 2.33 bits per heavy atom.